The molecule has 0 fully saturated rings. The third-order valence-electron chi connectivity index (χ3n) is 13.0. The van der Waals surface area contributed by atoms with Gasteiger partial charge in [0.1, 0.15) is 0 Å². The standard InChI is InChI=1S/C54H37N/c1-53(2)47-21-11-8-18-41(47)44-29-27-39(33-50(44)53)55(37-15-4-3-5-16-37)38-26-24-35-31-46-45-28-25-34-14-6-7-17-40(34)52(45)54(51(46)32-36(35)30-38)48-22-12-9-19-42(48)43-20-10-13-23-49(43)54/h3-33H,1-2H3. The number of rotatable bonds is 3. The molecule has 258 valence electrons. The van der Waals surface area contributed by atoms with Gasteiger partial charge in [-0.25, -0.2) is 0 Å². The predicted octanol–water partition coefficient (Wildman–Crippen LogP) is 14.1. The molecule has 0 aliphatic heterocycles. The van der Waals surface area contributed by atoms with E-state index in [1.807, 2.05) is 0 Å². The Labute approximate surface area is 321 Å². The molecule has 9 aromatic rings. The summed E-state index contributed by atoms with van der Waals surface area (Å²) in [5.74, 6) is 0. The molecule has 9 aromatic carbocycles. The van der Waals surface area contributed by atoms with Crippen LogP contribution in [0.2, 0.25) is 0 Å². The Kier molecular flexibility index (Phi) is 6.11. The third kappa shape index (κ3) is 3.97. The molecule has 1 heteroatoms. The van der Waals surface area contributed by atoms with Gasteiger partial charge in [0.15, 0.2) is 0 Å². The smallest absolute Gasteiger partial charge is 0.0731 e. The van der Waals surface area contributed by atoms with E-state index in [-0.39, 0.29) is 5.41 Å². The Bertz CT molecular complexity index is 3030. The van der Waals surface area contributed by atoms with Crippen molar-refractivity contribution in [1.29, 1.82) is 0 Å². The largest absolute Gasteiger partial charge is 0.310 e. The molecule has 3 aliphatic carbocycles. The van der Waals surface area contributed by atoms with E-state index < -0.39 is 5.41 Å². The molecule has 1 nitrogen and oxygen atoms in total. The van der Waals surface area contributed by atoms with Gasteiger partial charge in [-0.1, -0.05) is 153 Å². The maximum absolute atomic E-state index is 2.52. The Morgan fingerprint density at radius 2 is 0.891 bits per heavy atom. The zero-order valence-electron chi connectivity index (χ0n) is 30.8. The summed E-state index contributed by atoms with van der Waals surface area (Å²) in [6.07, 6.45) is 0. The summed E-state index contributed by atoms with van der Waals surface area (Å²) in [5, 5.41) is 5.09. The van der Waals surface area contributed by atoms with Crippen LogP contribution in [0.25, 0.3) is 54.9 Å². The van der Waals surface area contributed by atoms with E-state index in [1.54, 1.807) is 0 Å². The van der Waals surface area contributed by atoms with Crippen LogP contribution in [0.1, 0.15) is 47.2 Å². The molecule has 0 saturated carbocycles. The number of nitrogens with zero attached hydrogens (tertiary/aromatic N) is 1. The topological polar surface area (TPSA) is 3.24 Å². The lowest BCUT2D eigenvalue weighted by molar-refractivity contribution is 0.660. The highest BCUT2D eigenvalue weighted by molar-refractivity contribution is 6.06. The molecule has 3 aliphatic rings. The van der Waals surface area contributed by atoms with Crippen LogP contribution >= 0.6 is 0 Å². The van der Waals surface area contributed by atoms with Crippen LogP contribution in [0.3, 0.4) is 0 Å². The van der Waals surface area contributed by atoms with Crippen molar-refractivity contribution in [3.05, 3.63) is 221 Å². The van der Waals surface area contributed by atoms with Crippen LogP contribution in [0.5, 0.6) is 0 Å². The summed E-state index contributed by atoms with van der Waals surface area (Å²) in [6.45, 7) is 4.72. The molecule has 0 heterocycles. The average molecular weight is 700 g/mol. The molecular formula is C54H37N. The minimum absolute atomic E-state index is 0.0877. The van der Waals surface area contributed by atoms with Crippen molar-refractivity contribution >= 4 is 38.6 Å². The van der Waals surface area contributed by atoms with Crippen LogP contribution < -0.4 is 4.90 Å². The van der Waals surface area contributed by atoms with E-state index >= 15 is 0 Å². The minimum Gasteiger partial charge on any atom is -0.310 e. The van der Waals surface area contributed by atoms with Crippen LogP contribution in [0.15, 0.2) is 188 Å². The Hall–Kier alpha value is -6.70. The summed E-state index contributed by atoms with van der Waals surface area (Å²) in [5.41, 5.74) is 19.2. The Balaban J connectivity index is 1.11. The summed E-state index contributed by atoms with van der Waals surface area (Å²) < 4.78 is 0. The van der Waals surface area contributed by atoms with Crippen molar-refractivity contribution in [2.45, 2.75) is 24.7 Å². The first-order valence-corrected chi connectivity index (χ1v) is 19.4. The van der Waals surface area contributed by atoms with Gasteiger partial charge in [0.25, 0.3) is 0 Å². The number of para-hydroxylation sites is 1. The first-order chi connectivity index (χ1) is 27.0. The summed E-state index contributed by atoms with van der Waals surface area (Å²) in [4.78, 5) is 2.43. The number of benzene rings is 9. The lowest BCUT2D eigenvalue weighted by Crippen LogP contribution is -2.26. The molecule has 1 spiro atoms. The lowest BCUT2D eigenvalue weighted by Gasteiger charge is -2.32. The van der Waals surface area contributed by atoms with E-state index in [0.29, 0.717) is 0 Å². The summed E-state index contributed by atoms with van der Waals surface area (Å²) >= 11 is 0. The van der Waals surface area contributed by atoms with Crippen molar-refractivity contribution in [1.82, 2.24) is 0 Å². The summed E-state index contributed by atoms with van der Waals surface area (Å²) in [7, 11) is 0. The van der Waals surface area contributed by atoms with Gasteiger partial charge in [0.05, 0.1) is 5.41 Å². The van der Waals surface area contributed by atoms with Crippen LogP contribution in [-0.4, -0.2) is 0 Å². The van der Waals surface area contributed by atoms with E-state index in [1.165, 1.54) is 94.0 Å². The van der Waals surface area contributed by atoms with Gasteiger partial charge < -0.3 is 4.90 Å². The van der Waals surface area contributed by atoms with Crippen molar-refractivity contribution in [3.63, 3.8) is 0 Å². The Morgan fingerprint density at radius 3 is 1.65 bits per heavy atom. The second kappa shape index (κ2) is 10.9. The highest BCUT2D eigenvalue weighted by Gasteiger charge is 2.52. The fourth-order valence-electron chi connectivity index (χ4n) is 10.6. The van der Waals surface area contributed by atoms with E-state index in [4.69, 9.17) is 0 Å². The van der Waals surface area contributed by atoms with E-state index in [9.17, 15) is 0 Å². The van der Waals surface area contributed by atoms with Crippen molar-refractivity contribution in [2.75, 3.05) is 4.90 Å². The fourth-order valence-corrected chi connectivity index (χ4v) is 10.6. The molecular weight excluding hydrogens is 663 g/mol. The predicted molar refractivity (Wildman–Crippen MR) is 230 cm³/mol. The minimum atomic E-state index is -0.428. The highest BCUT2D eigenvalue weighted by atomic mass is 15.1. The molecule has 0 N–H and O–H groups in total. The molecule has 55 heavy (non-hydrogen) atoms. The first-order valence-electron chi connectivity index (χ1n) is 19.4. The van der Waals surface area contributed by atoms with Gasteiger partial charge in [0, 0.05) is 22.5 Å². The van der Waals surface area contributed by atoms with Crippen molar-refractivity contribution in [3.8, 4) is 33.4 Å². The number of fused-ring (bicyclic) bond motifs is 16. The van der Waals surface area contributed by atoms with Crippen LogP contribution in [0.4, 0.5) is 17.1 Å². The van der Waals surface area contributed by atoms with Crippen molar-refractivity contribution < 1.29 is 0 Å². The fraction of sp³-hybridized carbons (Fsp3) is 0.0741. The average Bonchev–Trinajstić information content (AvgIpc) is 3.79. The Morgan fingerprint density at radius 1 is 0.327 bits per heavy atom. The molecule has 0 saturated heterocycles. The number of anilines is 3. The molecule has 0 radical (unpaired) electrons. The third-order valence-corrected chi connectivity index (χ3v) is 13.0. The van der Waals surface area contributed by atoms with Gasteiger partial charge in [-0.05, 0) is 137 Å². The number of hydrogen-bond donors (Lipinski definition) is 0. The second-order valence-corrected chi connectivity index (χ2v) is 16.1. The maximum atomic E-state index is 2.52. The molecule has 0 unspecified atom stereocenters. The molecule has 0 atom stereocenters. The molecule has 12 rings (SSSR count). The summed E-state index contributed by atoms with van der Waals surface area (Å²) in [6, 6.07) is 70.7. The first kappa shape index (κ1) is 30.7. The van der Waals surface area contributed by atoms with E-state index in [0.717, 1.165) is 11.4 Å². The van der Waals surface area contributed by atoms with Crippen molar-refractivity contribution in [2.24, 2.45) is 0 Å². The quantitative estimate of drug-likeness (QED) is 0.177. The monoisotopic (exact) mass is 699 g/mol. The zero-order chi connectivity index (χ0) is 36.5. The van der Waals surface area contributed by atoms with Gasteiger partial charge in [-0.2, -0.15) is 0 Å². The SMILES string of the molecule is CC1(C)c2ccccc2-c2ccc(N(c3ccccc3)c3ccc4cc5c(cc4c3)C3(c4ccccc4-c4ccccc43)c3c-5ccc4ccccc34)cc21. The molecule has 0 bridgehead atoms. The molecule has 0 aromatic heterocycles. The van der Waals surface area contributed by atoms with Gasteiger partial charge in [-0.15, -0.1) is 0 Å². The van der Waals surface area contributed by atoms with Gasteiger partial charge in [-0.3, -0.25) is 0 Å². The van der Waals surface area contributed by atoms with E-state index in [2.05, 4.69) is 207 Å². The van der Waals surface area contributed by atoms with Crippen LogP contribution in [-0.2, 0) is 10.8 Å². The highest BCUT2D eigenvalue weighted by Crippen LogP contribution is 2.64. The normalized spacial score (nSPS) is 14.7. The van der Waals surface area contributed by atoms with Gasteiger partial charge in [0.2, 0.25) is 0 Å². The number of hydrogen-bond acceptors (Lipinski definition) is 1. The van der Waals surface area contributed by atoms with Gasteiger partial charge >= 0.3 is 0 Å². The zero-order valence-corrected chi connectivity index (χ0v) is 30.8. The molecule has 0 amide bonds. The second-order valence-electron chi connectivity index (χ2n) is 16.1. The lowest BCUT2D eigenvalue weighted by atomic mass is 9.69. The van der Waals surface area contributed by atoms with Crippen LogP contribution in [0, 0.1) is 0 Å². The maximum Gasteiger partial charge on any atom is 0.0731 e.